The second-order valence-electron chi connectivity index (χ2n) is 4.79. The van der Waals surface area contributed by atoms with Gasteiger partial charge in [0, 0.05) is 30.1 Å². The molecule has 0 bridgehead atoms. The van der Waals surface area contributed by atoms with E-state index in [1.165, 1.54) is 0 Å². The van der Waals surface area contributed by atoms with Gasteiger partial charge in [0.05, 0.1) is 19.3 Å². The fourth-order valence-electron chi connectivity index (χ4n) is 1.69. The van der Waals surface area contributed by atoms with Crippen LogP contribution in [0.15, 0.2) is 0 Å². The molecule has 4 N–H and O–H groups in total. The largest absolute Gasteiger partial charge is 0.379 e. The lowest BCUT2D eigenvalue weighted by Crippen LogP contribution is -2.50. The first-order chi connectivity index (χ1) is 7.93. The lowest BCUT2D eigenvalue weighted by Gasteiger charge is -2.31. The molecule has 1 fully saturated rings. The zero-order valence-corrected chi connectivity index (χ0v) is 11.5. The highest BCUT2D eigenvalue weighted by molar-refractivity contribution is 8.00. The number of ether oxygens (including phenoxy) is 1. The van der Waals surface area contributed by atoms with Crippen LogP contribution in [0.4, 0.5) is 0 Å². The smallest absolute Gasteiger partial charge is 0.235 e. The number of primary amides is 1. The lowest BCUT2D eigenvalue weighted by molar-refractivity contribution is -0.119. The second kappa shape index (κ2) is 6.58. The average Bonchev–Trinajstić information content (AvgIpc) is 2.29. The van der Waals surface area contributed by atoms with E-state index in [9.17, 15) is 4.79 Å². The third kappa shape index (κ3) is 4.83. The number of carbonyl (C=O) groups excluding carboxylic acids is 1. The Morgan fingerprint density at radius 3 is 2.59 bits per heavy atom. The van der Waals surface area contributed by atoms with Gasteiger partial charge in [-0.1, -0.05) is 0 Å². The van der Waals surface area contributed by atoms with E-state index in [0.29, 0.717) is 0 Å². The van der Waals surface area contributed by atoms with Crippen molar-refractivity contribution in [1.29, 1.82) is 0 Å². The Labute approximate surface area is 107 Å². The van der Waals surface area contributed by atoms with Crippen LogP contribution in [-0.4, -0.2) is 60.2 Å². The molecule has 1 heterocycles. The van der Waals surface area contributed by atoms with E-state index >= 15 is 0 Å². The summed E-state index contributed by atoms with van der Waals surface area (Å²) in [5, 5.41) is 0. The number of hydrogen-bond acceptors (Lipinski definition) is 5. The number of rotatable bonds is 6. The summed E-state index contributed by atoms with van der Waals surface area (Å²) < 4.78 is 4.98. The average molecular weight is 261 g/mol. The number of morpholine rings is 1. The zero-order valence-electron chi connectivity index (χ0n) is 10.6. The van der Waals surface area contributed by atoms with Gasteiger partial charge in [0.2, 0.25) is 5.91 Å². The standard InChI is InChI=1S/C11H23N3O2S/c1-11(2,9(12)10(13)15)17-8-5-14-3-6-16-7-4-14/h9H,3-8,12H2,1-2H3,(H2,13,15)/t9-/m0/s1. The number of carbonyl (C=O) groups is 1. The minimum Gasteiger partial charge on any atom is -0.379 e. The van der Waals surface area contributed by atoms with Crippen molar-refractivity contribution in [2.24, 2.45) is 11.5 Å². The van der Waals surface area contributed by atoms with Crippen molar-refractivity contribution < 1.29 is 9.53 Å². The molecule has 17 heavy (non-hydrogen) atoms. The zero-order chi connectivity index (χ0) is 12.9. The Morgan fingerprint density at radius 2 is 2.06 bits per heavy atom. The lowest BCUT2D eigenvalue weighted by atomic mass is 10.0. The molecule has 0 unspecified atom stereocenters. The summed E-state index contributed by atoms with van der Waals surface area (Å²) in [5.41, 5.74) is 11.0. The number of hydrogen-bond donors (Lipinski definition) is 2. The first-order valence-electron chi connectivity index (χ1n) is 5.92. The molecule has 0 aromatic rings. The van der Waals surface area contributed by atoms with Crippen LogP contribution in [0.3, 0.4) is 0 Å². The van der Waals surface area contributed by atoms with Gasteiger partial charge in [-0.2, -0.15) is 11.8 Å². The van der Waals surface area contributed by atoms with E-state index < -0.39 is 11.9 Å². The quantitative estimate of drug-likeness (QED) is 0.682. The van der Waals surface area contributed by atoms with E-state index in [2.05, 4.69) is 4.90 Å². The van der Waals surface area contributed by atoms with Crippen LogP contribution in [0.1, 0.15) is 13.8 Å². The summed E-state index contributed by atoms with van der Waals surface area (Å²) in [5.74, 6) is 0.516. The molecule has 1 amide bonds. The number of thioether (sulfide) groups is 1. The molecule has 0 spiro atoms. The third-order valence-corrected chi connectivity index (χ3v) is 4.43. The molecule has 1 aliphatic heterocycles. The highest BCUT2D eigenvalue weighted by atomic mass is 32.2. The SMILES string of the molecule is CC(C)(SCCN1CCOCC1)[C@@H](N)C(N)=O. The van der Waals surface area contributed by atoms with Crippen molar-refractivity contribution in [2.45, 2.75) is 24.6 Å². The maximum absolute atomic E-state index is 11.1. The van der Waals surface area contributed by atoms with Gasteiger partial charge in [-0.3, -0.25) is 9.69 Å². The van der Waals surface area contributed by atoms with E-state index in [4.69, 9.17) is 16.2 Å². The molecule has 0 aromatic carbocycles. The number of amides is 1. The molecule has 100 valence electrons. The van der Waals surface area contributed by atoms with Gasteiger partial charge in [0.25, 0.3) is 0 Å². The van der Waals surface area contributed by atoms with Gasteiger partial charge in [-0.25, -0.2) is 0 Å². The van der Waals surface area contributed by atoms with Crippen molar-refractivity contribution in [2.75, 3.05) is 38.6 Å². The molecule has 0 radical (unpaired) electrons. The third-order valence-electron chi connectivity index (χ3n) is 3.04. The van der Waals surface area contributed by atoms with Crippen LogP contribution in [0, 0.1) is 0 Å². The Balaban J connectivity index is 2.26. The molecule has 5 nitrogen and oxygen atoms in total. The van der Waals surface area contributed by atoms with Crippen LogP contribution in [0.25, 0.3) is 0 Å². The summed E-state index contributed by atoms with van der Waals surface area (Å²) in [6.45, 7) is 8.54. The summed E-state index contributed by atoms with van der Waals surface area (Å²) in [6, 6.07) is -0.600. The minimum atomic E-state index is -0.600. The molecule has 1 atom stereocenters. The van der Waals surface area contributed by atoms with Crippen LogP contribution in [0.5, 0.6) is 0 Å². The van der Waals surface area contributed by atoms with E-state index in [1.807, 2.05) is 13.8 Å². The molecule has 1 rings (SSSR count). The van der Waals surface area contributed by atoms with Crippen molar-refractivity contribution in [3.8, 4) is 0 Å². The Morgan fingerprint density at radius 1 is 1.47 bits per heavy atom. The molecular weight excluding hydrogens is 238 g/mol. The topological polar surface area (TPSA) is 81.6 Å². The van der Waals surface area contributed by atoms with E-state index in [1.54, 1.807) is 11.8 Å². The maximum Gasteiger partial charge on any atom is 0.235 e. The molecule has 6 heteroatoms. The van der Waals surface area contributed by atoms with Gasteiger partial charge < -0.3 is 16.2 Å². The molecule has 1 aliphatic rings. The minimum absolute atomic E-state index is 0.307. The highest BCUT2D eigenvalue weighted by Gasteiger charge is 2.31. The number of nitrogens with zero attached hydrogens (tertiary/aromatic N) is 1. The summed E-state index contributed by atoms with van der Waals surface area (Å²) in [4.78, 5) is 13.4. The van der Waals surface area contributed by atoms with Crippen molar-refractivity contribution in [1.82, 2.24) is 4.90 Å². The van der Waals surface area contributed by atoms with E-state index in [0.717, 1.165) is 38.6 Å². The van der Waals surface area contributed by atoms with Gasteiger partial charge in [-0.15, -0.1) is 0 Å². The van der Waals surface area contributed by atoms with E-state index in [-0.39, 0.29) is 4.75 Å². The van der Waals surface area contributed by atoms with Crippen LogP contribution >= 0.6 is 11.8 Å². The van der Waals surface area contributed by atoms with Crippen molar-refractivity contribution in [3.63, 3.8) is 0 Å². The van der Waals surface area contributed by atoms with Gasteiger partial charge in [-0.05, 0) is 13.8 Å². The Hall–Kier alpha value is -0.300. The molecule has 0 aromatic heterocycles. The van der Waals surface area contributed by atoms with Crippen molar-refractivity contribution >= 4 is 17.7 Å². The second-order valence-corrected chi connectivity index (χ2v) is 6.54. The van der Waals surface area contributed by atoms with Gasteiger partial charge in [0.15, 0.2) is 0 Å². The van der Waals surface area contributed by atoms with Crippen LogP contribution < -0.4 is 11.5 Å². The fourth-order valence-corrected chi connectivity index (χ4v) is 2.87. The van der Waals surface area contributed by atoms with Crippen molar-refractivity contribution in [3.05, 3.63) is 0 Å². The molecule has 0 aliphatic carbocycles. The normalized spacial score (nSPS) is 20.2. The van der Waals surface area contributed by atoms with Crippen LogP contribution in [-0.2, 0) is 9.53 Å². The molecule has 0 saturated carbocycles. The van der Waals surface area contributed by atoms with Gasteiger partial charge in [0.1, 0.15) is 0 Å². The predicted octanol–water partition coefficient (Wildman–Crippen LogP) is -0.357. The fraction of sp³-hybridized carbons (Fsp3) is 0.909. The number of nitrogens with two attached hydrogens (primary N) is 2. The van der Waals surface area contributed by atoms with Gasteiger partial charge >= 0.3 is 0 Å². The monoisotopic (exact) mass is 261 g/mol. The molecular formula is C11H23N3O2S. The Kier molecular flexibility index (Phi) is 5.72. The summed E-state index contributed by atoms with van der Waals surface area (Å²) >= 11 is 1.70. The highest BCUT2D eigenvalue weighted by Crippen LogP contribution is 2.27. The maximum atomic E-state index is 11.1. The molecule has 1 saturated heterocycles. The van der Waals surface area contributed by atoms with Crippen LogP contribution in [0.2, 0.25) is 0 Å². The Bertz CT molecular complexity index is 255. The summed E-state index contributed by atoms with van der Waals surface area (Å²) in [6.07, 6.45) is 0. The first kappa shape index (κ1) is 14.8. The summed E-state index contributed by atoms with van der Waals surface area (Å²) in [7, 11) is 0. The predicted molar refractivity (Wildman–Crippen MR) is 71.0 cm³/mol. The first-order valence-corrected chi connectivity index (χ1v) is 6.91.